The Morgan fingerprint density at radius 3 is 2.42 bits per heavy atom. The third-order valence-electron chi connectivity index (χ3n) is 4.76. The molecule has 4 rings (SSSR count). The molecule has 3 aromatic rings. The SMILES string of the molecule is CN(C1CC1)S(=O)(=O)Nc1ncnc(OCCOc2ncc(Br)cn2)c1-c1ccc(Cl)cc1. The highest BCUT2D eigenvalue weighted by molar-refractivity contribution is 9.10. The van der Waals surface area contributed by atoms with Crippen LogP contribution < -0.4 is 14.2 Å². The van der Waals surface area contributed by atoms with Crippen molar-refractivity contribution in [2.45, 2.75) is 18.9 Å². The minimum Gasteiger partial charge on any atom is -0.473 e. The average Bonchev–Trinajstić information content (AvgIpc) is 3.63. The topological polar surface area (TPSA) is 119 Å². The second-order valence-corrected chi connectivity index (χ2v) is 10.2. The fraction of sp³-hybridized carbons (Fsp3) is 0.300. The van der Waals surface area contributed by atoms with E-state index < -0.39 is 10.2 Å². The molecule has 1 aromatic carbocycles. The van der Waals surface area contributed by atoms with Gasteiger partial charge in [0.05, 0.1) is 10.0 Å². The molecule has 0 aliphatic heterocycles. The van der Waals surface area contributed by atoms with Crippen LogP contribution in [0.4, 0.5) is 5.82 Å². The van der Waals surface area contributed by atoms with Crippen LogP contribution in [0, 0.1) is 0 Å². The van der Waals surface area contributed by atoms with E-state index in [9.17, 15) is 8.42 Å². The van der Waals surface area contributed by atoms with Crippen LogP contribution in [0.5, 0.6) is 11.9 Å². The summed E-state index contributed by atoms with van der Waals surface area (Å²) in [4.78, 5) is 16.4. The third kappa shape index (κ3) is 6.08. The molecule has 174 valence electrons. The molecule has 0 spiro atoms. The molecule has 1 aliphatic carbocycles. The second-order valence-electron chi connectivity index (χ2n) is 7.14. The number of anilines is 1. The van der Waals surface area contributed by atoms with E-state index in [2.05, 4.69) is 40.6 Å². The number of nitrogens with one attached hydrogen (secondary N) is 1. The molecule has 0 saturated heterocycles. The normalized spacial score (nSPS) is 13.7. The Labute approximate surface area is 204 Å². The van der Waals surface area contributed by atoms with Gasteiger partial charge in [-0.05, 0) is 46.5 Å². The van der Waals surface area contributed by atoms with E-state index in [1.165, 1.54) is 10.6 Å². The summed E-state index contributed by atoms with van der Waals surface area (Å²) in [6, 6.07) is 7.06. The number of aromatic nitrogens is 4. The van der Waals surface area contributed by atoms with Crippen LogP contribution in [0.25, 0.3) is 11.1 Å². The number of benzene rings is 1. The second kappa shape index (κ2) is 10.2. The first kappa shape index (κ1) is 23.6. The lowest BCUT2D eigenvalue weighted by atomic mass is 10.1. The first-order valence-electron chi connectivity index (χ1n) is 9.93. The molecule has 1 fully saturated rings. The minimum atomic E-state index is -3.80. The lowest BCUT2D eigenvalue weighted by Gasteiger charge is -2.19. The standard InChI is InChI=1S/C20H20BrClN6O4S/c1-28(16-6-7-16)33(29,30)27-18-17(13-2-4-15(22)5-3-13)19(26-12-25-18)31-8-9-32-20-23-10-14(21)11-24-20/h2-5,10-12,16H,6-9H2,1H3,(H,25,26,27). The molecule has 0 amide bonds. The number of nitrogens with zero attached hydrogens (tertiary/aromatic N) is 5. The first-order valence-corrected chi connectivity index (χ1v) is 12.5. The number of ether oxygens (including phenoxy) is 2. The maximum absolute atomic E-state index is 12.8. The molecule has 33 heavy (non-hydrogen) atoms. The van der Waals surface area contributed by atoms with Crippen LogP contribution in [0.15, 0.2) is 47.5 Å². The van der Waals surface area contributed by atoms with Gasteiger partial charge in [-0.15, -0.1) is 0 Å². The summed E-state index contributed by atoms with van der Waals surface area (Å²) in [6.45, 7) is 0.266. The maximum atomic E-state index is 12.8. The van der Waals surface area contributed by atoms with Crippen LogP contribution in [-0.2, 0) is 10.2 Å². The van der Waals surface area contributed by atoms with Crippen molar-refractivity contribution < 1.29 is 17.9 Å². The van der Waals surface area contributed by atoms with Gasteiger partial charge in [0.25, 0.3) is 0 Å². The Hall–Kier alpha value is -2.54. The number of hydrogen-bond acceptors (Lipinski definition) is 8. The van der Waals surface area contributed by atoms with Gasteiger partial charge in [0.15, 0.2) is 5.82 Å². The summed E-state index contributed by atoms with van der Waals surface area (Å²) in [5.74, 6) is 0.298. The molecule has 0 bridgehead atoms. The highest BCUT2D eigenvalue weighted by atomic mass is 79.9. The highest BCUT2D eigenvalue weighted by Crippen LogP contribution is 2.36. The molecular formula is C20H20BrClN6O4S. The fourth-order valence-corrected chi connectivity index (χ4v) is 4.38. The zero-order valence-corrected chi connectivity index (χ0v) is 20.6. The van der Waals surface area contributed by atoms with Crippen molar-refractivity contribution in [2.75, 3.05) is 25.0 Å². The van der Waals surface area contributed by atoms with Crippen molar-refractivity contribution in [3.05, 3.63) is 52.5 Å². The van der Waals surface area contributed by atoms with Gasteiger partial charge in [0.2, 0.25) is 5.88 Å². The van der Waals surface area contributed by atoms with Gasteiger partial charge < -0.3 is 9.47 Å². The van der Waals surface area contributed by atoms with Crippen molar-refractivity contribution >= 4 is 43.6 Å². The van der Waals surface area contributed by atoms with E-state index >= 15 is 0 Å². The number of rotatable bonds is 10. The minimum absolute atomic E-state index is 0.00276. The van der Waals surface area contributed by atoms with Gasteiger partial charge >= 0.3 is 16.2 Å². The summed E-state index contributed by atoms with van der Waals surface area (Å²) < 4.78 is 41.6. The first-order chi connectivity index (χ1) is 15.8. The van der Waals surface area contributed by atoms with Crippen LogP contribution in [-0.4, -0.2) is 59.0 Å². The van der Waals surface area contributed by atoms with E-state index in [1.807, 2.05) is 0 Å². The fourth-order valence-electron chi connectivity index (χ4n) is 2.91. The third-order valence-corrected chi connectivity index (χ3v) is 6.93. The maximum Gasteiger partial charge on any atom is 0.316 e. The summed E-state index contributed by atoms with van der Waals surface area (Å²) in [7, 11) is -2.26. The molecule has 10 nitrogen and oxygen atoms in total. The number of halogens is 2. The molecular weight excluding hydrogens is 536 g/mol. The smallest absolute Gasteiger partial charge is 0.316 e. The average molecular weight is 556 g/mol. The molecule has 2 heterocycles. The number of hydrogen-bond donors (Lipinski definition) is 1. The molecule has 0 atom stereocenters. The summed E-state index contributed by atoms with van der Waals surface area (Å²) in [5, 5.41) is 0.538. The van der Waals surface area contributed by atoms with Gasteiger partial charge in [-0.2, -0.15) is 12.7 Å². The zero-order valence-electron chi connectivity index (χ0n) is 17.5. The molecule has 0 radical (unpaired) electrons. The van der Waals surface area contributed by atoms with E-state index in [0.29, 0.717) is 16.1 Å². The Bertz CT molecular complexity index is 1210. The van der Waals surface area contributed by atoms with Crippen LogP contribution in [0.2, 0.25) is 5.02 Å². The van der Waals surface area contributed by atoms with Gasteiger partial charge in [0, 0.05) is 30.5 Å². The van der Waals surface area contributed by atoms with E-state index in [1.54, 1.807) is 43.7 Å². The van der Waals surface area contributed by atoms with Crippen molar-refractivity contribution in [1.29, 1.82) is 0 Å². The molecule has 13 heteroatoms. The molecule has 2 aromatic heterocycles. The Morgan fingerprint density at radius 1 is 1.09 bits per heavy atom. The summed E-state index contributed by atoms with van der Waals surface area (Å²) >= 11 is 9.29. The lowest BCUT2D eigenvalue weighted by molar-refractivity contribution is 0.202. The van der Waals surface area contributed by atoms with Crippen LogP contribution in [0.1, 0.15) is 12.8 Å². The van der Waals surface area contributed by atoms with Gasteiger partial charge in [0.1, 0.15) is 19.5 Å². The summed E-state index contributed by atoms with van der Waals surface area (Å²) in [6.07, 6.45) is 6.05. The Kier molecular flexibility index (Phi) is 7.27. The van der Waals surface area contributed by atoms with E-state index in [-0.39, 0.29) is 37.0 Å². The molecule has 0 unspecified atom stereocenters. The molecule has 1 saturated carbocycles. The van der Waals surface area contributed by atoms with Crippen molar-refractivity contribution in [3.63, 3.8) is 0 Å². The van der Waals surface area contributed by atoms with Gasteiger partial charge in [-0.1, -0.05) is 23.7 Å². The van der Waals surface area contributed by atoms with Crippen molar-refractivity contribution in [1.82, 2.24) is 24.2 Å². The Balaban J connectivity index is 1.55. The van der Waals surface area contributed by atoms with Crippen LogP contribution in [0.3, 0.4) is 0 Å². The van der Waals surface area contributed by atoms with E-state index in [0.717, 1.165) is 17.3 Å². The highest BCUT2D eigenvalue weighted by Gasteiger charge is 2.35. The van der Waals surface area contributed by atoms with Gasteiger partial charge in [-0.25, -0.2) is 19.9 Å². The lowest BCUT2D eigenvalue weighted by Crippen LogP contribution is -2.34. The summed E-state index contributed by atoms with van der Waals surface area (Å²) in [5.41, 5.74) is 1.03. The molecule has 1 N–H and O–H groups in total. The predicted molar refractivity (Wildman–Crippen MR) is 127 cm³/mol. The molecule has 1 aliphatic rings. The quantitative estimate of drug-likeness (QED) is 0.377. The predicted octanol–water partition coefficient (Wildman–Crippen LogP) is 3.56. The largest absolute Gasteiger partial charge is 0.473 e. The zero-order chi connectivity index (χ0) is 23.4. The Morgan fingerprint density at radius 2 is 1.76 bits per heavy atom. The van der Waals surface area contributed by atoms with Crippen molar-refractivity contribution in [2.24, 2.45) is 0 Å². The van der Waals surface area contributed by atoms with E-state index in [4.69, 9.17) is 21.1 Å². The monoisotopic (exact) mass is 554 g/mol. The van der Waals surface area contributed by atoms with Crippen LogP contribution >= 0.6 is 27.5 Å². The van der Waals surface area contributed by atoms with Gasteiger partial charge in [-0.3, -0.25) is 4.72 Å². The van der Waals surface area contributed by atoms with Crippen molar-refractivity contribution in [3.8, 4) is 23.0 Å².